The van der Waals surface area contributed by atoms with E-state index in [0.717, 1.165) is 12.0 Å². The highest BCUT2D eigenvalue weighted by Crippen LogP contribution is 2.28. The van der Waals surface area contributed by atoms with E-state index in [1.807, 2.05) is 19.9 Å². The van der Waals surface area contributed by atoms with E-state index >= 15 is 0 Å². The molecule has 0 amide bonds. The van der Waals surface area contributed by atoms with Gasteiger partial charge in [-0.1, -0.05) is 13.8 Å². The van der Waals surface area contributed by atoms with Crippen LogP contribution in [0.3, 0.4) is 0 Å². The van der Waals surface area contributed by atoms with Crippen LogP contribution in [0.2, 0.25) is 0 Å². The molecule has 1 aliphatic rings. The normalized spacial score (nSPS) is 19.9. The fourth-order valence-corrected chi connectivity index (χ4v) is 1.97. The van der Waals surface area contributed by atoms with Gasteiger partial charge < -0.3 is 9.30 Å². The Kier molecular flexibility index (Phi) is 2.34. The Morgan fingerprint density at radius 2 is 2.27 bits per heavy atom. The van der Waals surface area contributed by atoms with Gasteiger partial charge in [0, 0.05) is 0 Å². The predicted octanol–water partition coefficient (Wildman–Crippen LogP) is 1.55. The van der Waals surface area contributed by atoms with Crippen molar-refractivity contribution in [2.45, 2.75) is 26.5 Å². The molecule has 1 aromatic rings. The molecular formula is C11H13NO3. The van der Waals surface area contributed by atoms with Gasteiger partial charge in [-0.25, -0.2) is 4.79 Å². The second-order valence-electron chi connectivity index (χ2n) is 4.03. The first kappa shape index (κ1) is 9.96. The van der Waals surface area contributed by atoms with Crippen molar-refractivity contribution in [3.8, 4) is 0 Å². The average Bonchev–Trinajstić information content (AvgIpc) is 2.59. The zero-order valence-corrected chi connectivity index (χ0v) is 8.77. The van der Waals surface area contributed by atoms with Crippen molar-refractivity contribution in [2.75, 3.05) is 0 Å². The number of aromatic nitrogens is 1. The van der Waals surface area contributed by atoms with Gasteiger partial charge in [-0.3, -0.25) is 4.79 Å². The zero-order valence-electron chi connectivity index (χ0n) is 8.77. The van der Waals surface area contributed by atoms with Crippen LogP contribution in [0.15, 0.2) is 12.1 Å². The van der Waals surface area contributed by atoms with E-state index in [0.29, 0.717) is 5.69 Å². The van der Waals surface area contributed by atoms with E-state index in [4.69, 9.17) is 4.74 Å². The van der Waals surface area contributed by atoms with E-state index in [2.05, 4.69) is 0 Å². The largest absolute Gasteiger partial charge is 0.458 e. The summed E-state index contributed by atoms with van der Waals surface area (Å²) in [4.78, 5) is 22.4. The highest BCUT2D eigenvalue weighted by Gasteiger charge is 2.32. The smallest absolute Gasteiger partial charge is 0.329 e. The number of hydrogen-bond donors (Lipinski definition) is 0. The first-order chi connectivity index (χ1) is 7.15. The van der Waals surface area contributed by atoms with Crippen LogP contribution in [0.1, 0.15) is 36.1 Å². The van der Waals surface area contributed by atoms with Crippen LogP contribution in [0.5, 0.6) is 0 Å². The topological polar surface area (TPSA) is 48.3 Å². The van der Waals surface area contributed by atoms with Gasteiger partial charge in [0.25, 0.3) is 0 Å². The first-order valence-electron chi connectivity index (χ1n) is 4.97. The summed E-state index contributed by atoms with van der Waals surface area (Å²) >= 11 is 0. The molecule has 2 heterocycles. The first-order valence-corrected chi connectivity index (χ1v) is 4.97. The lowest BCUT2D eigenvalue weighted by Gasteiger charge is -2.28. The van der Waals surface area contributed by atoms with E-state index in [-0.39, 0.29) is 24.5 Å². The fourth-order valence-electron chi connectivity index (χ4n) is 1.97. The van der Waals surface area contributed by atoms with Crippen molar-refractivity contribution in [3.63, 3.8) is 0 Å². The summed E-state index contributed by atoms with van der Waals surface area (Å²) in [6.45, 7) is 4.14. The van der Waals surface area contributed by atoms with E-state index < -0.39 is 0 Å². The SMILES string of the molecule is CC(C)[C@H]1C(=O)OCc2ccc(C=O)n21. The summed E-state index contributed by atoms with van der Waals surface area (Å²) in [6, 6.07) is 3.18. The number of carbonyl (C=O) groups is 2. The molecule has 0 unspecified atom stereocenters. The minimum absolute atomic E-state index is 0.114. The molecule has 0 bridgehead atoms. The zero-order chi connectivity index (χ0) is 11.0. The minimum Gasteiger partial charge on any atom is -0.458 e. The Bertz CT molecular complexity index is 406. The molecule has 0 aromatic carbocycles. The van der Waals surface area contributed by atoms with Crippen molar-refractivity contribution >= 4 is 12.3 Å². The molecule has 0 fully saturated rings. The lowest BCUT2D eigenvalue weighted by atomic mass is 10.0. The number of rotatable bonds is 2. The third kappa shape index (κ3) is 1.46. The quantitative estimate of drug-likeness (QED) is 0.546. The molecule has 2 rings (SSSR count). The van der Waals surface area contributed by atoms with Gasteiger partial charge in [0.15, 0.2) is 6.29 Å². The number of esters is 1. The Hall–Kier alpha value is -1.58. The Labute approximate surface area is 87.8 Å². The minimum atomic E-state index is -0.371. The van der Waals surface area contributed by atoms with Crippen LogP contribution in [0.25, 0.3) is 0 Å². The molecule has 0 saturated carbocycles. The number of nitrogens with zero attached hydrogens (tertiary/aromatic N) is 1. The monoisotopic (exact) mass is 207 g/mol. The lowest BCUT2D eigenvalue weighted by Crippen LogP contribution is -2.33. The summed E-state index contributed by atoms with van der Waals surface area (Å²) in [5, 5.41) is 0. The number of aldehydes is 1. The van der Waals surface area contributed by atoms with Gasteiger partial charge in [-0.15, -0.1) is 0 Å². The Morgan fingerprint density at radius 1 is 1.53 bits per heavy atom. The van der Waals surface area contributed by atoms with Crippen LogP contribution < -0.4 is 0 Å². The molecule has 0 saturated heterocycles. The number of cyclic esters (lactones) is 1. The van der Waals surface area contributed by atoms with Crippen LogP contribution in [0, 0.1) is 5.92 Å². The molecule has 0 N–H and O–H groups in total. The van der Waals surface area contributed by atoms with Crippen molar-refractivity contribution in [3.05, 3.63) is 23.5 Å². The van der Waals surface area contributed by atoms with Gasteiger partial charge >= 0.3 is 5.97 Å². The molecule has 4 nitrogen and oxygen atoms in total. The molecule has 1 aromatic heterocycles. The summed E-state index contributed by atoms with van der Waals surface area (Å²) in [6.07, 6.45) is 0.775. The molecular weight excluding hydrogens is 194 g/mol. The summed E-state index contributed by atoms with van der Waals surface area (Å²) in [5.41, 5.74) is 1.43. The van der Waals surface area contributed by atoms with Crippen LogP contribution in [0.4, 0.5) is 0 Å². The van der Waals surface area contributed by atoms with Gasteiger partial charge in [-0.05, 0) is 18.1 Å². The number of ether oxygens (including phenoxy) is 1. The van der Waals surface area contributed by atoms with Crippen molar-refractivity contribution in [1.29, 1.82) is 0 Å². The number of carbonyl (C=O) groups excluding carboxylic acids is 2. The standard InChI is InChI=1S/C11H13NO3/c1-7(2)10-11(14)15-6-9-4-3-8(5-13)12(9)10/h3-5,7,10H,6H2,1-2H3/t10-/m0/s1. The predicted molar refractivity (Wildman–Crippen MR) is 53.5 cm³/mol. The van der Waals surface area contributed by atoms with Gasteiger partial charge in [0.1, 0.15) is 12.6 Å². The Balaban J connectivity index is 2.53. The molecule has 1 atom stereocenters. The molecule has 15 heavy (non-hydrogen) atoms. The summed E-state index contributed by atoms with van der Waals surface area (Å²) in [7, 11) is 0. The Morgan fingerprint density at radius 3 is 2.87 bits per heavy atom. The van der Waals surface area contributed by atoms with E-state index in [1.54, 1.807) is 10.6 Å². The molecule has 80 valence electrons. The van der Waals surface area contributed by atoms with Crippen LogP contribution in [-0.4, -0.2) is 16.8 Å². The van der Waals surface area contributed by atoms with Gasteiger partial charge in [0.05, 0.1) is 11.4 Å². The van der Waals surface area contributed by atoms with Crippen molar-refractivity contribution < 1.29 is 14.3 Å². The molecule has 4 heteroatoms. The number of fused-ring (bicyclic) bond motifs is 1. The fraction of sp³-hybridized carbons (Fsp3) is 0.455. The van der Waals surface area contributed by atoms with Gasteiger partial charge in [-0.2, -0.15) is 0 Å². The second-order valence-corrected chi connectivity index (χ2v) is 4.03. The molecule has 1 aliphatic heterocycles. The average molecular weight is 207 g/mol. The van der Waals surface area contributed by atoms with E-state index in [9.17, 15) is 9.59 Å². The third-order valence-electron chi connectivity index (χ3n) is 2.67. The summed E-state index contributed by atoms with van der Waals surface area (Å²) < 4.78 is 6.84. The van der Waals surface area contributed by atoms with Crippen LogP contribution >= 0.6 is 0 Å². The molecule has 0 aliphatic carbocycles. The second kappa shape index (κ2) is 3.53. The maximum Gasteiger partial charge on any atom is 0.329 e. The molecule has 0 spiro atoms. The van der Waals surface area contributed by atoms with Crippen molar-refractivity contribution in [1.82, 2.24) is 4.57 Å². The maximum absolute atomic E-state index is 11.6. The summed E-state index contributed by atoms with van der Waals surface area (Å²) in [5.74, 6) is -0.139. The highest BCUT2D eigenvalue weighted by molar-refractivity contribution is 5.79. The maximum atomic E-state index is 11.6. The highest BCUT2D eigenvalue weighted by atomic mass is 16.5. The molecule has 0 radical (unpaired) electrons. The van der Waals surface area contributed by atoms with Gasteiger partial charge in [0.2, 0.25) is 0 Å². The number of hydrogen-bond acceptors (Lipinski definition) is 3. The van der Waals surface area contributed by atoms with Crippen LogP contribution in [-0.2, 0) is 16.1 Å². The van der Waals surface area contributed by atoms with E-state index in [1.165, 1.54) is 0 Å². The van der Waals surface area contributed by atoms with Crippen molar-refractivity contribution in [2.24, 2.45) is 5.92 Å². The lowest BCUT2D eigenvalue weighted by molar-refractivity contribution is -0.153. The third-order valence-corrected chi connectivity index (χ3v) is 2.67.